The van der Waals surface area contributed by atoms with E-state index in [-0.39, 0.29) is 0 Å². The summed E-state index contributed by atoms with van der Waals surface area (Å²) in [5.41, 5.74) is -1.67. The number of hydrogen-bond acceptors (Lipinski definition) is 2. The van der Waals surface area contributed by atoms with Crippen molar-refractivity contribution < 1.29 is 18.0 Å². The average Bonchev–Trinajstić information content (AvgIpc) is 3.05. The van der Waals surface area contributed by atoms with Crippen LogP contribution in [0.2, 0.25) is 5.02 Å². The molecule has 7 heteroatoms. The van der Waals surface area contributed by atoms with Crippen molar-refractivity contribution >= 4 is 33.6 Å². The van der Waals surface area contributed by atoms with Crippen molar-refractivity contribution in [2.24, 2.45) is 4.99 Å². The molecule has 1 fully saturated rings. The molecule has 0 aromatic heterocycles. The van der Waals surface area contributed by atoms with Gasteiger partial charge >= 0.3 is 0 Å². The van der Waals surface area contributed by atoms with Gasteiger partial charge in [-0.1, -0.05) is 11.6 Å². The Morgan fingerprint density at radius 2 is 1.82 bits per heavy atom. The Bertz CT molecular complexity index is 524. The van der Waals surface area contributed by atoms with E-state index in [1.54, 1.807) is 0 Å². The molecule has 0 spiro atoms. The van der Waals surface area contributed by atoms with E-state index in [1.165, 1.54) is 6.08 Å². The number of aliphatic imine (C=N–C) groups is 1. The van der Waals surface area contributed by atoms with E-state index in [0.717, 1.165) is 0 Å². The van der Waals surface area contributed by atoms with E-state index >= 15 is 0 Å². The summed E-state index contributed by atoms with van der Waals surface area (Å²) >= 11 is 8.19. The molecule has 1 aliphatic carbocycles. The third kappa shape index (κ3) is 1.80. The van der Waals surface area contributed by atoms with E-state index in [4.69, 9.17) is 11.6 Å². The number of benzene rings is 1. The van der Waals surface area contributed by atoms with Crippen molar-refractivity contribution in [1.29, 1.82) is 0 Å². The first kappa shape index (κ1) is 12.6. The molecule has 0 bridgehead atoms. The Balaban J connectivity index is 2.75. The molecular formula is C10H4BrClF3NO. The van der Waals surface area contributed by atoms with Crippen LogP contribution in [-0.2, 0) is 10.3 Å². The quantitative estimate of drug-likeness (QED) is 0.351. The van der Waals surface area contributed by atoms with Crippen molar-refractivity contribution in [3.8, 4) is 0 Å². The van der Waals surface area contributed by atoms with Crippen LogP contribution in [0.25, 0.3) is 0 Å². The minimum atomic E-state index is -1.38. The van der Waals surface area contributed by atoms with Gasteiger partial charge in [-0.3, -0.25) is 0 Å². The van der Waals surface area contributed by atoms with Gasteiger partial charge in [-0.2, -0.15) is 4.99 Å². The van der Waals surface area contributed by atoms with Crippen LogP contribution in [0.1, 0.15) is 18.4 Å². The normalized spacial score (nSPS) is 16.5. The molecule has 1 aromatic rings. The van der Waals surface area contributed by atoms with Gasteiger partial charge in [-0.25, -0.2) is 18.0 Å². The lowest BCUT2D eigenvalue weighted by Gasteiger charge is -2.14. The lowest BCUT2D eigenvalue weighted by atomic mass is 10.0. The van der Waals surface area contributed by atoms with Crippen LogP contribution in [-0.4, -0.2) is 6.08 Å². The summed E-state index contributed by atoms with van der Waals surface area (Å²) in [7, 11) is 0. The van der Waals surface area contributed by atoms with Gasteiger partial charge < -0.3 is 0 Å². The van der Waals surface area contributed by atoms with Crippen molar-refractivity contribution in [2.45, 2.75) is 18.4 Å². The van der Waals surface area contributed by atoms with Crippen molar-refractivity contribution in [3.63, 3.8) is 0 Å². The Labute approximate surface area is 108 Å². The van der Waals surface area contributed by atoms with Gasteiger partial charge in [0.1, 0.15) is 5.54 Å². The van der Waals surface area contributed by atoms with Gasteiger partial charge in [0.25, 0.3) is 0 Å². The number of rotatable bonds is 2. The summed E-state index contributed by atoms with van der Waals surface area (Å²) < 4.78 is 39.9. The maximum absolute atomic E-state index is 13.7. The molecule has 17 heavy (non-hydrogen) atoms. The highest BCUT2D eigenvalue weighted by atomic mass is 79.9. The van der Waals surface area contributed by atoms with Crippen LogP contribution in [0.3, 0.4) is 0 Å². The first-order valence-corrected chi connectivity index (χ1v) is 5.72. The first-order valence-electron chi connectivity index (χ1n) is 4.55. The van der Waals surface area contributed by atoms with Gasteiger partial charge in [0.05, 0.1) is 9.50 Å². The van der Waals surface area contributed by atoms with Crippen molar-refractivity contribution in [3.05, 3.63) is 32.5 Å². The zero-order valence-electron chi connectivity index (χ0n) is 8.16. The summed E-state index contributed by atoms with van der Waals surface area (Å²) in [4.78, 5) is 13.6. The van der Waals surface area contributed by atoms with Crippen molar-refractivity contribution in [2.75, 3.05) is 0 Å². The maximum Gasteiger partial charge on any atom is 0.235 e. The van der Waals surface area contributed by atoms with E-state index in [1.807, 2.05) is 0 Å². The third-order valence-electron chi connectivity index (χ3n) is 2.66. The van der Waals surface area contributed by atoms with Crippen LogP contribution in [0.5, 0.6) is 0 Å². The molecule has 0 N–H and O–H groups in total. The zero-order chi connectivity index (χ0) is 12.8. The highest BCUT2D eigenvalue weighted by Crippen LogP contribution is 2.53. The predicted octanol–water partition coefficient (Wildman–Crippen LogP) is 3.84. The summed E-state index contributed by atoms with van der Waals surface area (Å²) in [5.74, 6) is -3.78. The molecule has 0 aliphatic heterocycles. The molecule has 0 radical (unpaired) electrons. The molecule has 0 saturated heterocycles. The van der Waals surface area contributed by atoms with Crippen LogP contribution in [0.15, 0.2) is 9.47 Å². The third-order valence-corrected chi connectivity index (χ3v) is 3.71. The van der Waals surface area contributed by atoms with Gasteiger partial charge in [0.15, 0.2) is 17.5 Å². The lowest BCUT2D eigenvalue weighted by molar-refractivity contribution is 0.465. The smallest absolute Gasteiger partial charge is 0.211 e. The van der Waals surface area contributed by atoms with Gasteiger partial charge in [0.2, 0.25) is 6.08 Å². The molecule has 0 heterocycles. The van der Waals surface area contributed by atoms with E-state index < -0.39 is 38.0 Å². The molecule has 0 amide bonds. The maximum atomic E-state index is 13.7. The number of halogens is 5. The molecule has 2 nitrogen and oxygen atoms in total. The fourth-order valence-electron chi connectivity index (χ4n) is 1.64. The number of isocyanates is 1. The van der Waals surface area contributed by atoms with E-state index in [9.17, 15) is 18.0 Å². The van der Waals surface area contributed by atoms with Gasteiger partial charge in [-0.05, 0) is 28.8 Å². The molecule has 0 atom stereocenters. The predicted molar refractivity (Wildman–Crippen MR) is 58.1 cm³/mol. The van der Waals surface area contributed by atoms with Crippen LogP contribution < -0.4 is 0 Å². The number of nitrogens with zero attached hydrogens (tertiary/aromatic N) is 1. The molecule has 1 aromatic carbocycles. The Morgan fingerprint density at radius 1 is 1.24 bits per heavy atom. The molecule has 1 saturated carbocycles. The SMILES string of the molecule is O=C=NC1(c2c(F)c(F)c(Br)c(F)c2Cl)CC1. The fraction of sp³-hybridized carbons (Fsp3) is 0.300. The van der Waals surface area contributed by atoms with E-state index in [2.05, 4.69) is 20.9 Å². The number of carbonyl (C=O) groups excluding carboxylic acids is 1. The second-order valence-corrected chi connectivity index (χ2v) is 4.85. The minimum Gasteiger partial charge on any atom is -0.211 e. The molecule has 0 unspecified atom stereocenters. The Hall–Kier alpha value is -0.840. The summed E-state index contributed by atoms with van der Waals surface area (Å²) in [6, 6.07) is 0. The van der Waals surface area contributed by atoms with Gasteiger partial charge in [0, 0.05) is 5.56 Å². The summed E-state index contributed by atoms with van der Waals surface area (Å²) in [5, 5.41) is -0.563. The second-order valence-electron chi connectivity index (χ2n) is 3.68. The highest BCUT2D eigenvalue weighted by molar-refractivity contribution is 9.10. The zero-order valence-corrected chi connectivity index (χ0v) is 10.5. The molecule has 2 rings (SSSR count). The minimum absolute atomic E-state index is 0.305. The largest absolute Gasteiger partial charge is 0.235 e. The lowest BCUT2D eigenvalue weighted by Crippen LogP contribution is -2.11. The van der Waals surface area contributed by atoms with Crippen LogP contribution >= 0.6 is 27.5 Å². The highest BCUT2D eigenvalue weighted by Gasteiger charge is 2.50. The molecular weight excluding hydrogens is 322 g/mol. The summed E-state index contributed by atoms with van der Waals surface area (Å²) in [6.45, 7) is 0. The average molecular weight is 326 g/mol. The fourth-order valence-corrected chi connectivity index (χ4v) is 2.48. The molecule has 90 valence electrons. The van der Waals surface area contributed by atoms with Crippen molar-refractivity contribution in [1.82, 2.24) is 0 Å². The van der Waals surface area contributed by atoms with E-state index in [0.29, 0.717) is 12.8 Å². The first-order chi connectivity index (χ1) is 7.94. The van der Waals surface area contributed by atoms with Crippen LogP contribution in [0, 0.1) is 17.5 Å². The summed E-state index contributed by atoms with van der Waals surface area (Å²) in [6.07, 6.45) is 1.88. The number of hydrogen-bond donors (Lipinski definition) is 0. The standard InChI is InChI=1S/C10H4BrClF3NO/c11-5-8(14)6(12)4(7(13)9(5)15)10(1-2-10)16-3-17/h1-2H2. The Morgan fingerprint density at radius 3 is 2.29 bits per heavy atom. The Kier molecular flexibility index (Phi) is 3.06. The van der Waals surface area contributed by atoms with Gasteiger partial charge in [-0.15, -0.1) is 0 Å². The second kappa shape index (κ2) is 4.12. The van der Waals surface area contributed by atoms with Crippen LogP contribution in [0.4, 0.5) is 13.2 Å². The topological polar surface area (TPSA) is 29.4 Å². The monoisotopic (exact) mass is 325 g/mol. The molecule has 1 aliphatic rings.